The number of anilines is 1. The van der Waals surface area contributed by atoms with E-state index in [4.69, 9.17) is 16.3 Å². The average molecular weight is 226 g/mol. The van der Waals surface area contributed by atoms with Crippen LogP contribution < -0.4 is 4.90 Å². The van der Waals surface area contributed by atoms with Gasteiger partial charge in [-0.15, -0.1) is 0 Å². The summed E-state index contributed by atoms with van der Waals surface area (Å²) < 4.78 is 5.69. The Morgan fingerprint density at radius 3 is 2.20 bits per heavy atom. The highest BCUT2D eigenvalue weighted by Gasteiger charge is 2.21. The van der Waals surface area contributed by atoms with Gasteiger partial charge in [0, 0.05) is 23.8 Å². The maximum Gasteiger partial charge on any atom is 0.0726 e. The summed E-state index contributed by atoms with van der Waals surface area (Å²) in [5.41, 5.74) is 1.22. The standard InChI is InChI=1S/C12H16ClNO/c1-9-7-14(8-10(2)15-9)12-5-3-11(13)4-6-12/h3-6,9-10H,7-8H2,1-2H3. The van der Waals surface area contributed by atoms with Crippen molar-refractivity contribution in [1.82, 2.24) is 0 Å². The number of rotatable bonds is 1. The molecule has 0 N–H and O–H groups in total. The van der Waals surface area contributed by atoms with Gasteiger partial charge in [-0.2, -0.15) is 0 Å². The van der Waals surface area contributed by atoms with Crippen molar-refractivity contribution in [2.75, 3.05) is 18.0 Å². The summed E-state index contributed by atoms with van der Waals surface area (Å²) in [5.74, 6) is 0. The van der Waals surface area contributed by atoms with Crippen LogP contribution in [0, 0.1) is 0 Å². The molecule has 3 heteroatoms. The maximum absolute atomic E-state index is 5.86. The van der Waals surface area contributed by atoms with Crippen molar-refractivity contribution in [3.8, 4) is 0 Å². The molecule has 0 saturated carbocycles. The molecular weight excluding hydrogens is 210 g/mol. The molecule has 0 aliphatic carbocycles. The van der Waals surface area contributed by atoms with Crippen LogP contribution in [0.25, 0.3) is 0 Å². The second-order valence-corrected chi connectivity index (χ2v) is 4.58. The van der Waals surface area contributed by atoms with E-state index in [2.05, 4.69) is 30.9 Å². The van der Waals surface area contributed by atoms with Crippen molar-refractivity contribution in [2.24, 2.45) is 0 Å². The molecule has 0 spiro atoms. The van der Waals surface area contributed by atoms with Gasteiger partial charge in [-0.25, -0.2) is 0 Å². The molecule has 1 aliphatic heterocycles. The number of nitrogens with zero attached hydrogens (tertiary/aromatic N) is 1. The fraction of sp³-hybridized carbons (Fsp3) is 0.500. The molecule has 1 aromatic carbocycles. The number of morpholine rings is 1. The van der Waals surface area contributed by atoms with E-state index in [0.29, 0.717) is 12.2 Å². The molecule has 0 aromatic heterocycles. The lowest BCUT2D eigenvalue weighted by Crippen LogP contribution is -2.45. The third-order valence-electron chi connectivity index (χ3n) is 2.61. The highest BCUT2D eigenvalue weighted by atomic mass is 35.5. The lowest BCUT2D eigenvalue weighted by Gasteiger charge is -2.36. The first-order valence-corrected chi connectivity index (χ1v) is 5.69. The number of benzene rings is 1. The fourth-order valence-electron chi connectivity index (χ4n) is 2.04. The molecule has 1 aliphatic rings. The van der Waals surface area contributed by atoms with Crippen LogP contribution >= 0.6 is 11.6 Å². The molecule has 0 bridgehead atoms. The van der Waals surface area contributed by atoms with Crippen molar-refractivity contribution < 1.29 is 4.74 Å². The van der Waals surface area contributed by atoms with Crippen LogP contribution in [0.2, 0.25) is 5.02 Å². The molecule has 1 heterocycles. The molecule has 2 nitrogen and oxygen atoms in total. The predicted molar refractivity (Wildman–Crippen MR) is 63.7 cm³/mol. The summed E-state index contributed by atoms with van der Waals surface area (Å²) in [6.07, 6.45) is 0.592. The zero-order chi connectivity index (χ0) is 10.8. The van der Waals surface area contributed by atoms with Gasteiger partial charge < -0.3 is 9.64 Å². The van der Waals surface area contributed by atoms with Crippen LogP contribution in [-0.4, -0.2) is 25.3 Å². The quantitative estimate of drug-likeness (QED) is 0.729. The second-order valence-electron chi connectivity index (χ2n) is 4.14. The summed E-state index contributed by atoms with van der Waals surface area (Å²) in [7, 11) is 0. The molecular formula is C12H16ClNO. The van der Waals surface area contributed by atoms with Gasteiger partial charge in [-0.05, 0) is 38.1 Å². The Labute approximate surface area is 95.8 Å². The minimum Gasteiger partial charge on any atom is -0.372 e. The summed E-state index contributed by atoms with van der Waals surface area (Å²) in [6, 6.07) is 7.99. The third-order valence-corrected chi connectivity index (χ3v) is 2.86. The second kappa shape index (κ2) is 4.42. The average Bonchev–Trinajstić information content (AvgIpc) is 2.17. The Balaban J connectivity index is 2.12. The molecule has 2 unspecified atom stereocenters. The van der Waals surface area contributed by atoms with Crippen LogP contribution in [0.3, 0.4) is 0 Å². The SMILES string of the molecule is CC1CN(c2ccc(Cl)cc2)CC(C)O1. The molecule has 0 amide bonds. The Kier molecular flexibility index (Phi) is 3.17. The summed E-state index contributed by atoms with van der Waals surface area (Å²) in [4.78, 5) is 2.34. The highest BCUT2D eigenvalue weighted by Crippen LogP contribution is 2.21. The largest absolute Gasteiger partial charge is 0.372 e. The first-order chi connectivity index (χ1) is 7.15. The van der Waals surface area contributed by atoms with Crippen LogP contribution in [-0.2, 0) is 4.74 Å². The van der Waals surface area contributed by atoms with Gasteiger partial charge in [-0.1, -0.05) is 11.6 Å². The number of hydrogen-bond acceptors (Lipinski definition) is 2. The van der Waals surface area contributed by atoms with Crippen LogP contribution in [0.1, 0.15) is 13.8 Å². The number of ether oxygens (including phenoxy) is 1. The molecule has 1 saturated heterocycles. The monoisotopic (exact) mass is 225 g/mol. The fourth-order valence-corrected chi connectivity index (χ4v) is 2.17. The van der Waals surface area contributed by atoms with Crippen molar-refractivity contribution in [3.63, 3.8) is 0 Å². The minimum absolute atomic E-state index is 0.296. The molecule has 2 atom stereocenters. The van der Waals surface area contributed by atoms with E-state index in [1.165, 1.54) is 5.69 Å². The molecule has 82 valence electrons. The molecule has 2 rings (SSSR count). The zero-order valence-corrected chi connectivity index (χ0v) is 9.87. The van der Waals surface area contributed by atoms with Gasteiger partial charge in [0.25, 0.3) is 0 Å². The first-order valence-electron chi connectivity index (χ1n) is 5.31. The molecule has 0 radical (unpaired) electrons. The topological polar surface area (TPSA) is 12.5 Å². The van der Waals surface area contributed by atoms with Crippen LogP contribution in [0.4, 0.5) is 5.69 Å². The summed E-state index contributed by atoms with van der Waals surface area (Å²) in [5, 5.41) is 0.785. The van der Waals surface area contributed by atoms with Gasteiger partial charge in [0.15, 0.2) is 0 Å². The minimum atomic E-state index is 0.296. The molecule has 1 fully saturated rings. The molecule has 15 heavy (non-hydrogen) atoms. The van der Waals surface area contributed by atoms with Gasteiger partial charge in [0.05, 0.1) is 12.2 Å². The lowest BCUT2D eigenvalue weighted by molar-refractivity contribution is -0.00521. The van der Waals surface area contributed by atoms with Gasteiger partial charge in [0.1, 0.15) is 0 Å². The van der Waals surface area contributed by atoms with E-state index >= 15 is 0 Å². The Bertz CT molecular complexity index is 315. The van der Waals surface area contributed by atoms with Gasteiger partial charge >= 0.3 is 0 Å². The number of hydrogen-bond donors (Lipinski definition) is 0. The van der Waals surface area contributed by atoms with E-state index in [1.54, 1.807) is 0 Å². The van der Waals surface area contributed by atoms with E-state index in [-0.39, 0.29) is 0 Å². The highest BCUT2D eigenvalue weighted by molar-refractivity contribution is 6.30. The van der Waals surface area contributed by atoms with Crippen molar-refractivity contribution in [3.05, 3.63) is 29.3 Å². The molecule has 1 aromatic rings. The van der Waals surface area contributed by atoms with Crippen molar-refractivity contribution in [1.29, 1.82) is 0 Å². The van der Waals surface area contributed by atoms with E-state index in [0.717, 1.165) is 18.1 Å². The normalized spacial score (nSPS) is 26.7. The van der Waals surface area contributed by atoms with Crippen LogP contribution in [0.15, 0.2) is 24.3 Å². The van der Waals surface area contributed by atoms with Crippen molar-refractivity contribution >= 4 is 17.3 Å². The third kappa shape index (κ3) is 2.64. The predicted octanol–water partition coefficient (Wildman–Crippen LogP) is 2.95. The van der Waals surface area contributed by atoms with Crippen molar-refractivity contribution in [2.45, 2.75) is 26.1 Å². The van der Waals surface area contributed by atoms with E-state index in [9.17, 15) is 0 Å². The first kappa shape index (κ1) is 10.8. The van der Waals surface area contributed by atoms with Gasteiger partial charge in [-0.3, -0.25) is 0 Å². The number of halogens is 1. The summed E-state index contributed by atoms with van der Waals surface area (Å²) in [6.45, 7) is 6.12. The Morgan fingerprint density at radius 2 is 1.67 bits per heavy atom. The maximum atomic E-state index is 5.86. The Hall–Kier alpha value is -0.730. The lowest BCUT2D eigenvalue weighted by atomic mass is 10.2. The smallest absolute Gasteiger partial charge is 0.0726 e. The summed E-state index contributed by atoms with van der Waals surface area (Å²) >= 11 is 5.86. The zero-order valence-electron chi connectivity index (χ0n) is 9.11. The van der Waals surface area contributed by atoms with Crippen LogP contribution in [0.5, 0.6) is 0 Å². The van der Waals surface area contributed by atoms with Gasteiger partial charge in [0.2, 0.25) is 0 Å². The van der Waals surface area contributed by atoms with E-state index < -0.39 is 0 Å². The Morgan fingerprint density at radius 1 is 1.13 bits per heavy atom. The van der Waals surface area contributed by atoms with E-state index in [1.807, 2.05) is 12.1 Å².